The molecule has 0 aliphatic carbocycles. The second kappa shape index (κ2) is 10.0. The van der Waals surface area contributed by atoms with Gasteiger partial charge < -0.3 is 13.6 Å². The summed E-state index contributed by atoms with van der Waals surface area (Å²) in [6.07, 6.45) is 0.391. The monoisotopic (exact) mass is 290 g/mol. The zero-order valence-corrected chi connectivity index (χ0v) is 13.9. The van der Waals surface area contributed by atoms with E-state index in [1.54, 1.807) is 6.92 Å². The van der Waals surface area contributed by atoms with Crippen molar-refractivity contribution in [3.8, 4) is 0 Å². The minimum absolute atomic E-state index is 0.0737. The maximum atomic E-state index is 11.3. The van der Waals surface area contributed by atoms with Crippen LogP contribution in [0, 0.1) is 0 Å². The van der Waals surface area contributed by atoms with Crippen LogP contribution in [-0.2, 0) is 23.2 Å². The lowest BCUT2D eigenvalue weighted by Gasteiger charge is -2.07. The van der Waals surface area contributed by atoms with Crippen molar-refractivity contribution in [1.82, 2.24) is 0 Å². The molecule has 0 saturated carbocycles. The molecule has 0 rings (SSSR count). The molecule has 0 atom stereocenters. The third kappa shape index (κ3) is 10.2. The van der Waals surface area contributed by atoms with Crippen molar-refractivity contribution in [3.63, 3.8) is 0 Å². The molecule has 0 fully saturated rings. The molecule has 5 nitrogen and oxygen atoms in total. The van der Waals surface area contributed by atoms with Crippen LogP contribution in [0.5, 0.6) is 0 Å². The number of carbonyl (C=O) groups excluding carboxylic acids is 2. The standard InChI is InChI=1S/C11H22O5Si2/c1-9(2)11(13)15-7-6-14-10(12)5-8-17-16-18(3)4/h18H,1,5-8,17H2,2-4H3. The molecular weight excluding hydrogens is 268 g/mol. The van der Waals surface area contributed by atoms with Crippen LogP contribution in [0.15, 0.2) is 12.2 Å². The maximum Gasteiger partial charge on any atom is 0.333 e. The predicted octanol–water partition coefficient (Wildman–Crippen LogP) is 0.541. The summed E-state index contributed by atoms with van der Waals surface area (Å²) in [6.45, 7) is 9.41. The summed E-state index contributed by atoms with van der Waals surface area (Å²) in [6, 6.07) is 0.801. The van der Waals surface area contributed by atoms with E-state index in [1.807, 2.05) is 0 Å². The molecule has 0 radical (unpaired) electrons. The average molecular weight is 290 g/mol. The van der Waals surface area contributed by atoms with Crippen LogP contribution < -0.4 is 0 Å². The Kier molecular flexibility index (Phi) is 9.52. The molecule has 0 saturated heterocycles. The zero-order chi connectivity index (χ0) is 14.0. The van der Waals surface area contributed by atoms with Gasteiger partial charge in [-0.25, -0.2) is 4.79 Å². The van der Waals surface area contributed by atoms with Crippen molar-refractivity contribution < 1.29 is 23.2 Å². The second-order valence-electron chi connectivity index (χ2n) is 4.16. The largest absolute Gasteiger partial charge is 0.463 e. The van der Waals surface area contributed by atoms with Crippen LogP contribution in [0.4, 0.5) is 0 Å². The average Bonchev–Trinajstić information content (AvgIpc) is 2.29. The first-order valence-corrected chi connectivity index (χ1v) is 10.4. The van der Waals surface area contributed by atoms with E-state index in [0.717, 1.165) is 6.04 Å². The van der Waals surface area contributed by atoms with E-state index in [4.69, 9.17) is 13.6 Å². The van der Waals surface area contributed by atoms with Crippen LogP contribution in [0.3, 0.4) is 0 Å². The smallest absolute Gasteiger partial charge is 0.333 e. The van der Waals surface area contributed by atoms with E-state index in [2.05, 4.69) is 19.7 Å². The van der Waals surface area contributed by atoms with Gasteiger partial charge in [0.1, 0.15) is 23.0 Å². The minimum atomic E-state index is -0.938. The van der Waals surface area contributed by atoms with Crippen molar-refractivity contribution in [2.24, 2.45) is 0 Å². The Labute approximate surface area is 112 Å². The van der Waals surface area contributed by atoms with Gasteiger partial charge in [-0.05, 0) is 26.1 Å². The van der Waals surface area contributed by atoms with Crippen LogP contribution in [0.1, 0.15) is 13.3 Å². The molecular formula is C11H22O5Si2. The summed E-state index contributed by atoms with van der Waals surface area (Å²) < 4.78 is 15.3. The molecule has 0 spiro atoms. The number of carbonyl (C=O) groups is 2. The second-order valence-corrected chi connectivity index (χ2v) is 8.71. The Balaban J connectivity index is 3.43. The molecule has 18 heavy (non-hydrogen) atoms. The molecule has 0 aliphatic heterocycles. The van der Waals surface area contributed by atoms with E-state index in [9.17, 15) is 9.59 Å². The van der Waals surface area contributed by atoms with Gasteiger partial charge in [0.2, 0.25) is 0 Å². The Morgan fingerprint density at radius 2 is 1.83 bits per heavy atom. The van der Waals surface area contributed by atoms with Gasteiger partial charge >= 0.3 is 11.9 Å². The first-order valence-electron chi connectivity index (χ1n) is 6.03. The highest BCUT2D eigenvalue weighted by Crippen LogP contribution is 1.96. The molecule has 0 bridgehead atoms. The third-order valence-corrected chi connectivity index (χ3v) is 6.16. The van der Waals surface area contributed by atoms with E-state index in [-0.39, 0.29) is 19.2 Å². The van der Waals surface area contributed by atoms with Gasteiger partial charge in [0.15, 0.2) is 9.04 Å². The van der Waals surface area contributed by atoms with Crippen molar-refractivity contribution in [1.29, 1.82) is 0 Å². The van der Waals surface area contributed by atoms with Crippen molar-refractivity contribution >= 4 is 30.7 Å². The van der Waals surface area contributed by atoms with Crippen molar-refractivity contribution in [2.45, 2.75) is 32.5 Å². The molecule has 0 aromatic carbocycles. The van der Waals surface area contributed by atoms with Crippen LogP contribution in [0.2, 0.25) is 19.1 Å². The molecule has 0 amide bonds. The highest BCUT2D eigenvalue weighted by molar-refractivity contribution is 6.56. The summed E-state index contributed by atoms with van der Waals surface area (Å²) in [7, 11) is -1.51. The lowest BCUT2D eigenvalue weighted by Crippen LogP contribution is -2.16. The molecule has 0 unspecified atom stereocenters. The highest BCUT2D eigenvalue weighted by atomic mass is 28.3. The first-order chi connectivity index (χ1) is 8.43. The van der Waals surface area contributed by atoms with E-state index in [1.165, 1.54) is 0 Å². The normalized spacial score (nSPS) is 10.9. The van der Waals surface area contributed by atoms with Gasteiger partial charge in [-0.3, -0.25) is 4.79 Å². The quantitative estimate of drug-likeness (QED) is 0.268. The van der Waals surface area contributed by atoms with Crippen LogP contribution in [-0.4, -0.2) is 44.0 Å². The minimum Gasteiger partial charge on any atom is -0.463 e. The summed E-state index contributed by atoms with van der Waals surface area (Å²) in [4.78, 5) is 22.3. The fourth-order valence-electron chi connectivity index (χ4n) is 1.02. The highest BCUT2D eigenvalue weighted by Gasteiger charge is 2.06. The van der Waals surface area contributed by atoms with Crippen molar-refractivity contribution in [3.05, 3.63) is 12.2 Å². The summed E-state index contributed by atoms with van der Waals surface area (Å²) in [5.74, 6) is -0.725. The third-order valence-electron chi connectivity index (χ3n) is 1.90. The fraction of sp³-hybridized carbons (Fsp3) is 0.636. The predicted molar refractivity (Wildman–Crippen MR) is 74.7 cm³/mol. The molecule has 0 heterocycles. The molecule has 0 aromatic heterocycles. The molecule has 0 aliphatic rings. The van der Waals surface area contributed by atoms with E-state index < -0.39 is 24.8 Å². The molecule has 0 aromatic rings. The lowest BCUT2D eigenvalue weighted by atomic mass is 10.4. The zero-order valence-electron chi connectivity index (χ0n) is 11.4. The Bertz CT molecular complexity index is 291. The van der Waals surface area contributed by atoms with Crippen molar-refractivity contribution in [2.75, 3.05) is 13.2 Å². The topological polar surface area (TPSA) is 61.8 Å². The number of esters is 2. The molecule has 104 valence electrons. The Morgan fingerprint density at radius 3 is 2.39 bits per heavy atom. The molecule has 0 N–H and O–H groups in total. The van der Waals surface area contributed by atoms with E-state index >= 15 is 0 Å². The number of hydrogen-bond donors (Lipinski definition) is 0. The van der Waals surface area contributed by atoms with Crippen LogP contribution in [0.25, 0.3) is 0 Å². The summed E-state index contributed by atoms with van der Waals surface area (Å²) in [5, 5.41) is 0. The first kappa shape index (κ1) is 17.1. The number of ether oxygens (including phenoxy) is 2. The fourth-order valence-corrected chi connectivity index (χ4v) is 4.01. The van der Waals surface area contributed by atoms with Crippen LogP contribution >= 0.6 is 0 Å². The van der Waals surface area contributed by atoms with Gasteiger partial charge in [-0.1, -0.05) is 6.58 Å². The SMILES string of the molecule is C=C(C)C(=O)OCCOC(=O)CC[SiH2]O[SiH](C)C. The van der Waals surface area contributed by atoms with Gasteiger partial charge in [-0.2, -0.15) is 0 Å². The lowest BCUT2D eigenvalue weighted by molar-refractivity contribution is -0.149. The molecule has 7 heteroatoms. The Morgan fingerprint density at radius 1 is 1.22 bits per heavy atom. The van der Waals surface area contributed by atoms with Gasteiger partial charge in [0.05, 0.1) is 0 Å². The van der Waals surface area contributed by atoms with E-state index in [0.29, 0.717) is 12.0 Å². The van der Waals surface area contributed by atoms with Gasteiger partial charge in [0.25, 0.3) is 0 Å². The van der Waals surface area contributed by atoms with Gasteiger partial charge in [-0.15, -0.1) is 0 Å². The maximum absolute atomic E-state index is 11.3. The van der Waals surface area contributed by atoms with Gasteiger partial charge in [0, 0.05) is 12.0 Å². The Hall–Kier alpha value is -0.926. The summed E-state index contributed by atoms with van der Waals surface area (Å²) in [5.41, 5.74) is 0.335. The number of hydrogen-bond acceptors (Lipinski definition) is 5. The number of rotatable bonds is 9. The summed E-state index contributed by atoms with van der Waals surface area (Å²) >= 11 is 0.